The minimum atomic E-state index is 0.180. The Morgan fingerprint density at radius 3 is 2.39 bits per heavy atom. The van der Waals surface area contributed by atoms with E-state index in [1.54, 1.807) is 0 Å². The zero-order valence-corrected chi connectivity index (χ0v) is 12.0. The molecule has 1 fully saturated rings. The van der Waals surface area contributed by atoms with Crippen molar-refractivity contribution in [3.63, 3.8) is 0 Å². The van der Waals surface area contributed by atoms with Crippen LogP contribution in [0, 0.1) is 6.92 Å². The molecule has 0 aromatic carbocycles. The number of aromatic nitrogens is 2. The zero-order valence-electron chi connectivity index (χ0n) is 12.0. The molecular formula is C13H25N5. The van der Waals surface area contributed by atoms with Crippen LogP contribution in [0.25, 0.3) is 0 Å². The maximum atomic E-state index is 5.96. The maximum Gasteiger partial charge on any atom is 0.130 e. The van der Waals surface area contributed by atoms with Gasteiger partial charge in [-0.15, -0.1) is 0 Å². The summed E-state index contributed by atoms with van der Waals surface area (Å²) in [5.41, 5.74) is 8.39. The van der Waals surface area contributed by atoms with Crippen LogP contribution in [-0.4, -0.2) is 53.9 Å². The average molecular weight is 251 g/mol. The second kappa shape index (κ2) is 5.28. The molecule has 102 valence electrons. The Hall–Kier alpha value is -1.07. The second-order valence-corrected chi connectivity index (χ2v) is 5.48. The molecule has 0 bridgehead atoms. The monoisotopic (exact) mass is 251 g/mol. The largest absolute Gasteiger partial charge is 0.354 e. The SMILES string of the molecule is Cc1nn(C)c(N2CCN(C)CC2)c1CC(C)N. The Balaban J connectivity index is 2.25. The highest BCUT2D eigenvalue weighted by molar-refractivity contribution is 5.51. The lowest BCUT2D eigenvalue weighted by atomic mass is 10.1. The van der Waals surface area contributed by atoms with Crippen molar-refractivity contribution in [2.24, 2.45) is 12.8 Å². The quantitative estimate of drug-likeness (QED) is 0.843. The average Bonchev–Trinajstić information content (AvgIpc) is 2.55. The molecular weight excluding hydrogens is 226 g/mol. The third kappa shape index (κ3) is 2.67. The van der Waals surface area contributed by atoms with Crippen LogP contribution in [0.5, 0.6) is 0 Å². The first-order valence-electron chi connectivity index (χ1n) is 6.70. The van der Waals surface area contributed by atoms with Crippen molar-refractivity contribution in [1.82, 2.24) is 14.7 Å². The Morgan fingerprint density at radius 1 is 1.22 bits per heavy atom. The van der Waals surface area contributed by atoms with E-state index in [9.17, 15) is 0 Å². The number of nitrogens with zero attached hydrogens (tertiary/aromatic N) is 4. The smallest absolute Gasteiger partial charge is 0.130 e. The van der Waals surface area contributed by atoms with Crippen LogP contribution in [-0.2, 0) is 13.5 Å². The molecule has 2 rings (SSSR count). The van der Waals surface area contributed by atoms with E-state index in [0.29, 0.717) is 0 Å². The normalized spacial score (nSPS) is 19.3. The number of hydrogen-bond acceptors (Lipinski definition) is 4. The molecule has 1 saturated heterocycles. The van der Waals surface area contributed by atoms with Crippen molar-refractivity contribution in [3.05, 3.63) is 11.3 Å². The molecule has 1 aromatic rings. The topological polar surface area (TPSA) is 50.3 Å². The number of rotatable bonds is 3. The van der Waals surface area contributed by atoms with E-state index < -0.39 is 0 Å². The molecule has 1 aliphatic rings. The van der Waals surface area contributed by atoms with Crippen LogP contribution in [0.4, 0.5) is 5.82 Å². The molecule has 0 saturated carbocycles. The predicted octanol–water partition coefficient (Wildman–Crippen LogP) is 0.370. The lowest BCUT2D eigenvalue weighted by Crippen LogP contribution is -2.45. The summed E-state index contributed by atoms with van der Waals surface area (Å²) in [7, 11) is 4.21. The summed E-state index contributed by atoms with van der Waals surface area (Å²) in [6.07, 6.45) is 0.904. The first-order chi connectivity index (χ1) is 8.49. The molecule has 0 radical (unpaired) electrons. The van der Waals surface area contributed by atoms with Crippen LogP contribution >= 0.6 is 0 Å². The number of piperazine rings is 1. The molecule has 0 amide bonds. The van der Waals surface area contributed by atoms with E-state index in [-0.39, 0.29) is 6.04 Å². The van der Waals surface area contributed by atoms with E-state index >= 15 is 0 Å². The van der Waals surface area contributed by atoms with Crippen LogP contribution in [0.3, 0.4) is 0 Å². The first-order valence-corrected chi connectivity index (χ1v) is 6.70. The Kier molecular flexibility index (Phi) is 3.92. The van der Waals surface area contributed by atoms with Crippen LogP contribution in [0.15, 0.2) is 0 Å². The summed E-state index contributed by atoms with van der Waals surface area (Å²) in [5, 5.41) is 4.56. The van der Waals surface area contributed by atoms with Crippen molar-refractivity contribution in [3.8, 4) is 0 Å². The van der Waals surface area contributed by atoms with E-state index in [2.05, 4.69) is 35.8 Å². The highest BCUT2D eigenvalue weighted by Gasteiger charge is 2.22. The van der Waals surface area contributed by atoms with Gasteiger partial charge in [0.05, 0.1) is 5.69 Å². The van der Waals surface area contributed by atoms with Gasteiger partial charge in [-0.3, -0.25) is 4.68 Å². The van der Waals surface area contributed by atoms with Crippen LogP contribution < -0.4 is 10.6 Å². The molecule has 0 spiro atoms. The van der Waals surface area contributed by atoms with Crippen LogP contribution in [0.1, 0.15) is 18.2 Å². The fourth-order valence-corrected chi connectivity index (χ4v) is 2.66. The van der Waals surface area contributed by atoms with Gasteiger partial charge in [0.25, 0.3) is 0 Å². The van der Waals surface area contributed by atoms with Gasteiger partial charge < -0.3 is 15.5 Å². The molecule has 5 nitrogen and oxygen atoms in total. The number of hydrogen-bond donors (Lipinski definition) is 1. The third-order valence-electron chi connectivity index (χ3n) is 3.64. The van der Waals surface area contributed by atoms with Gasteiger partial charge in [0.1, 0.15) is 5.82 Å². The summed E-state index contributed by atoms with van der Waals surface area (Å²) in [4.78, 5) is 4.81. The fraction of sp³-hybridized carbons (Fsp3) is 0.769. The Bertz CT molecular complexity index is 402. The Morgan fingerprint density at radius 2 is 1.83 bits per heavy atom. The van der Waals surface area contributed by atoms with Gasteiger partial charge in [-0.1, -0.05) is 0 Å². The Labute approximate surface area is 110 Å². The maximum absolute atomic E-state index is 5.96. The summed E-state index contributed by atoms with van der Waals surface area (Å²) in [6, 6.07) is 0.180. The predicted molar refractivity (Wildman–Crippen MR) is 75.0 cm³/mol. The summed E-state index contributed by atoms with van der Waals surface area (Å²) in [6.45, 7) is 8.50. The molecule has 1 atom stereocenters. The van der Waals surface area contributed by atoms with E-state index in [4.69, 9.17) is 5.73 Å². The molecule has 5 heteroatoms. The summed E-state index contributed by atoms with van der Waals surface area (Å²) in [5.74, 6) is 1.26. The van der Waals surface area contributed by atoms with Gasteiger partial charge in [-0.05, 0) is 27.3 Å². The highest BCUT2D eigenvalue weighted by atomic mass is 15.4. The molecule has 2 N–H and O–H groups in total. The van der Waals surface area contributed by atoms with Gasteiger partial charge in [-0.25, -0.2) is 0 Å². The second-order valence-electron chi connectivity index (χ2n) is 5.48. The standard InChI is InChI=1S/C13H25N5/c1-10(14)9-12-11(2)15-17(4)13(12)18-7-5-16(3)6-8-18/h10H,5-9,14H2,1-4H3. The van der Waals surface area contributed by atoms with Crippen molar-refractivity contribution in [2.75, 3.05) is 38.1 Å². The zero-order chi connectivity index (χ0) is 13.3. The van der Waals surface area contributed by atoms with Gasteiger partial charge in [0.15, 0.2) is 0 Å². The number of anilines is 1. The van der Waals surface area contributed by atoms with Gasteiger partial charge in [0.2, 0.25) is 0 Å². The van der Waals surface area contributed by atoms with Crippen LogP contribution in [0.2, 0.25) is 0 Å². The van der Waals surface area contributed by atoms with Crippen molar-refractivity contribution >= 4 is 5.82 Å². The molecule has 1 unspecified atom stereocenters. The molecule has 0 aliphatic carbocycles. The van der Waals surface area contributed by atoms with Crippen molar-refractivity contribution in [2.45, 2.75) is 26.3 Å². The molecule has 2 heterocycles. The third-order valence-corrected chi connectivity index (χ3v) is 3.64. The number of nitrogens with two attached hydrogens (primary N) is 1. The fourth-order valence-electron chi connectivity index (χ4n) is 2.66. The number of aryl methyl sites for hydroxylation is 2. The van der Waals surface area contributed by atoms with E-state index in [1.807, 2.05) is 11.7 Å². The summed E-state index contributed by atoms with van der Waals surface area (Å²) < 4.78 is 2.01. The molecule has 1 aliphatic heterocycles. The van der Waals surface area contributed by atoms with Gasteiger partial charge in [-0.2, -0.15) is 5.10 Å². The van der Waals surface area contributed by atoms with Crippen molar-refractivity contribution in [1.29, 1.82) is 0 Å². The summed E-state index contributed by atoms with van der Waals surface area (Å²) >= 11 is 0. The minimum absolute atomic E-state index is 0.180. The minimum Gasteiger partial charge on any atom is -0.354 e. The van der Waals surface area contributed by atoms with Gasteiger partial charge in [0, 0.05) is 44.8 Å². The molecule has 1 aromatic heterocycles. The first kappa shape index (κ1) is 13.4. The lowest BCUT2D eigenvalue weighted by Gasteiger charge is -2.34. The highest BCUT2D eigenvalue weighted by Crippen LogP contribution is 2.25. The van der Waals surface area contributed by atoms with E-state index in [0.717, 1.165) is 38.3 Å². The van der Waals surface area contributed by atoms with Gasteiger partial charge >= 0.3 is 0 Å². The van der Waals surface area contributed by atoms with Crippen molar-refractivity contribution < 1.29 is 0 Å². The lowest BCUT2D eigenvalue weighted by molar-refractivity contribution is 0.310. The van der Waals surface area contributed by atoms with E-state index in [1.165, 1.54) is 11.4 Å². The molecule has 18 heavy (non-hydrogen) atoms. The number of likely N-dealkylation sites (N-methyl/N-ethyl adjacent to an activating group) is 1.